The maximum Gasteiger partial charge on any atom is 0.358 e. The molecule has 0 fully saturated rings. The van der Waals surface area contributed by atoms with Gasteiger partial charge in [0.25, 0.3) is 5.91 Å². The van der Waals surface area contributed by atoms with E-state index in [0.717, 1.165) is 0 Å². The SMILES string of the molecule is Cc1cc(C(=O)Nc2nccnc2C(=O)O)c(C)nn1. The average molecular weight is 273 g/mol. The Labute approximate surface area is 113 Å². The highest BCUT2D eigenvalue weighted by molar-refractivity contribution is 6.06. The van der Waals surface area contributed by atoms with Crippen molar-refractivity contribution in [1.82, 2.24) is 20.2 Å². The number of carbonyl (C=O) groups is 2. The first-order valence-corrected chi connectivity index (χ1v) is 5.65. The second-order valence-electron chi connectivity index (χ2n) is 4.00. The van der Waals surface area contributed by atoms with E-state index in [-0.39, 0.29) is 11.5 Å². The molecule has 0 unspecified atom stereocenters. The van der Waals surface area contributed by atoms with Gasteiger partial charge in [0, 0.05) is 12.4 Å². The Morgan fingerprint density at radius 3 is 2.55 bits per heavy atom. The van der Waals surface area contributed by atoms with Gasteiger partial charge in [-0.05, 0) is 19.9 Å². The van der Waals surface area contributed by atoms with E-state index in [1.54, 1.807) is 19.9 Å². The van der Waals surface area contributed by atoms with Crippen LogP contribution in [0.1, 0.15) is 32.2 Å². The first-order chi connectivity index (χ1) is 9.49. The van der Waals surface area contributed by atoms with E-state index in [1.165, 1.54) is 12.4 Å². The summed E-state index contributed by atoms with van der Waals surface area (Å²) in [5.41, 5.74) is 1.00. The van der Waals surface area contributed by atoms with E-state index in [0.29, 0.717) is 17.0 Å². The number of nitrogens with one attached hydrogen (secondary N) is 1. The minimum absolute atomic E-state index is 0.112. The van der Waals surface area contributed by atoms with Gasteiger partial charge in [0.05, 0.1) is 17.0 Å². The number of aromatic nitrogens is 4. The second kappa shape index (κ2) is 5.39. The molecular formula is C12H11N5O3. The zero-order valence-electron chi connectivity index (χ0n) is 10.8. The van der Waals surface area contributed by atoms with Crippen LogP contribution in [-0.2, 0) is 0 Å². The van der Waals surface area contributed by atoms with Gasteiger partial charge in [-0.1, -0.05) is 0 Å². The fourth-order valence-corrected chi connectivity index (χ4v) is 1.54. The van der Waals surface area contributed by atoms with Crippen LogP contribution in [0.15, 0.2) is 18.5 Å². The number of aromatic carboxylic acids is 1. The molecule has 2 N–H and O–H groups in total. The molecule has 8 heteroatoms. The summed E-state index contributed by atoms with van der Waals surface area (Å²) < 4.78 is 0. The van der Waals surface area contributed by atoms with Gasteiger partial charge in [-0.2, -0.15) is 10.2 Å². The number of rotatable bonds is 3. The Hall–Kier alpha value is -2.90. The van der Waals surface area contributed by atoms with Crippen LogP contribution >= 0.6 is 0 Å². The number of carboxylic acid groups (broad SMARTS) is 1. The Kier molecular flexibility index (Phi) is 3.65. The first-order valence-electron chi connectivity index (χ1n) is 5.65. The molecule has 0 saturated carbocycles. The maximum atomic E-state index is 12.1. The number of nitrogens with zero attached hydrogens (tertiary/aromatic N) is 4. The minimum Gasteiger partial charge on any atom is -0.476 e. The van der Waals surface area contributed by atoms with Crippen LogP contribution in [0.5, 0.6) is 0 Å². The van der Waals surface area contributed by atoms with Crippen molar-refractivity contribution in [3.8, 4) is 0 Å². The summed E-state index contributed by atoms with van der Waals surface area (Å²) in [6, 6.07) is 1.56. The van der Waals surface area contributed by atoms with E-state index in [4.69, 9.17) is 5.11 Å². The van der Waals surface area contributed by atoms with Crippen LogP contribution in [0.3, 0.4) is 0 Å². The molecule has 0 spiro atoms. The Bertz CT molecular complexity index is 687. The van der Waals surface area contributed by atoms with Crippen molar-refractivity contribution < 1.29 is 14.7 Å². The lowest BCUT2D eigenvalue weighted by atomic mass is 10.2. The summed E-state index contributed by atoms with van der Waals surface area (Å²) in [6.07, 6.45) is 2.54. The smallest absolute Gasteiger partial charge is 0.358 e. The highest BCUT2D eigenvalue weighted by Gasteiger charge is 2.17. The largest absolute Gasteiger partial charge is 0.476 e. The van der Waals surface area contributed by atoms with Gasteiger partial charge in [0.1, 0.15) is 0 Å². The summed E-state index contributed by atoms with van der Waals surface area (Å²) in [5.74, 6) is -1.89. The molecule has 0 atom stereocenters. The third kappa shape index (κ3) is 2.74. The zero-order chi connectivity index (χ0) is 14.7. The van der Waals surface area contributed by atoms with Crippen LogP contribution < -0.4 is 5.32 Å². The van der Waals surface area contributed by atoms with Crippen LogP contribution in [0, 0.1) is 13.8 Å². The van der Waals surface area contributed by atoms with E-state index in [2.05, 4.69) is 25.5 Å². The Morgan fingerprint density at radius 1 is 1.15 bits per heavy atom. The van der Waals surface area contributed by atoms with Crippen molar-refractivity contribution in [3.05, 3.63) is 41.1 Å². The molecule has 0 aliphatic rings. The fourth-order valence-electron chi connectivity index (χ4n) is 1.54. The molecule has 0 aromatic carbocycles. The molecular weight excluding hydrogens is 262 g/mol. The number of aryl methyl sites for hydroxylation is 2. The average Bonchev–Trinajstić information content (AvgIpc) is 2.41. The second-order valence-corrected chi connectivity index (χ2v) is 4.00. The van der Waals surface area contributed by atoms with Gasteiger partial charge < -0.3 is 10.4 Å². The third-order valence-electron chi connectivity index (χ3n) is 2.48. The number of hydrogen-bond acceptors (Lipinski definition) is 6. The lowest BCUT2D eigenvalue weighted by molar-refractivity contribution is 0.0691. The molecule has 20 heavy (non-hydrogen) atoms. The Morgan fingerprint density at radius 2 is 1.85 bits per heavy atom. The number of carbonyl (C=O) groups excluding carboxylic acids is 1. The third-order valence-corrected chi connectivity index (χ3v) is 2.48. The highest BCUT2D eigenvalue weighted by Crippen LogP contribution is 2.12. The van der Waals surface area contributed by atoms with Gasteiger partial charge in [-0.15, -0.1) is 0 Å². The summed E-state index contributed by atoms with van der Waals surface area (Å²) >= 11 is 0. The van der Waals surface area contributed by atoms with Gasteiger partial charge in [-0.3, -0.25) is 4.79 Å². The quantitative estimate of drug-likeness (QED) is 0.850. The molecule has 2 heterocycles. The molecule has 0 aliphatic heterocycles. The minimum atomic E-state index is -1.27. The topological polar surface area (TPSA) is 118 Å². The highest BCUT2D eigenvalue weighted by atomic mass is 16.4. The van der Waals surface area contributed by atoms with Gasteiger partial charge in [0.15, 0.2) is 11.5 Å². The summed E-state index contributed by atoms with van der Waals surface area (Å²) in [7, 11) is 0. The molecule has 102 valence electrons. The molecule has 1 amide bonds. The number of anilines is 1. The monoisotopic (exact) mass is 273 g/mol. The van der Waals surface area contributed by atoms with Gasteiger partial charge in [0.2, 0.25) is 0 Å². The molecule has 0 aliphatic carbocycles. The van der Waals surface area contributed by atoms with Crippen molar-refractivity contribution in [3.63, 3.8) is 0 Å². The lowest BCUT2D eigenvalue weighted by Crippen LogP contribution is -2.18. The van der Waals surface area contributed by atoms with E-state index in [1.807, 2.05) is 0 Å². The number of amides is 1. The van der Waals surface area contributed by atoms with Gasteiger partial charge in [-0.25, -0.2) is 14.8 Å². The van der Waals surface area contributed by atoms with Crippen LogP contribution in [0.25, 0.3) is 0 Å². The van der Waals surface area contributed by atoms with Crippen molar-refractivity contribution >= 4 is 17.7 Å². The lowest BCUT2D eigenvalue weighted by Gasteiger charge is -2.08. The van der Waals surface area contributed by atoms with Crippen molar-refractivity contribution in [2.75, 3.05) is 5.32 Å². The van der Waals surface area contributed by atoms with Crippen LogP contribution in [0.2, 0.25) is 0 Å². The van der Waals surface area contributed by atoms with Crippen molar-refractivity contribution in [2.45, 2.75) is 13.8 Å². The van der Waals surface area contributed by atoms with Crippen molar-refractivity contribution in [1.29, 1.82) is 0 Å². The molecule has 0 bridgehead atoms. The maximum absolute atomic E-state index is 12.1. The zero-order valence-corrected chi connectivity index (χ0v) is 10.8. The molecule has 0 saturated heterocycles. The number of hydrogen-bond donors (Lipinski definition) is 2. The van der Waals surface area contributed by atoms with Gasteiger partial charge >= 0.3 is 5.97 Å². The Balaban J connectivity index is 2.33. The molecule has 2 aromatic rings. The normalized spacial score (nSPS) is 10.1. The fraction of sp³-hybridized carbons (Fsp3) is 0.167. The predicted octanol–water partition coefficient (Wildman–Crippen LogP) is 0.834. The molecule has 0 radical (unpaired) electrons. The van der Waals surface area contributed by atoms with E-state index in [9.17, 15) is 9.59 Å². The van der Waals surface area contributed by atoms with E-state index >= 15 is 0 Å². The molecule has 8 nitrogen and oxygen atoms in total. The van der Waals surface area contributed by atoms with Crippen molar-refractivity contribution in [2.24, 2.45) is 0 Å². The molecule has 2 aromatic heterocycles. The van der Waals surface area contributed by atoms with E-state index < -0.39 is 11.9 Å². The van der Waals surface area contributed by atoms with Crippen LogP contribution in [-0.4, -0.2) is 37.1 Å². The number of carboxylic acids is 1. The summed E-state index contributed by atoms with van der Waals surface area (Å²) in [6.45, 7) is 3.34. The van der Waals surface area contributed by atoms with Crippen LogP contribution in [0.4, 0.5) is 5.82 Å². The first kappa shape index (κ1) is 13.5. The standard InChI is InChI=1S/C12H11N5O3/c1-6-5-8(7(2)17-16-6)11(18)15-10-9(12(19)20)13-3-4-14-10/h3-5H,1-2H3,(H,19,20)(H,14,15,18). The summed E-state index contributed by atoms with van der Waals surface area (Å²) in [5, 5.41) is 19.0. The molecule has 2 rings (SSSR count). The summed E-state index contributed by atoms with van der Waals surface area (Å²) in [4.78, 5) is 30.6. The predicted molar refractivity (Wildman–Crippen MR) is 68.5 cm³/mol.